The monoisotopic (exact) mass is 273 g/mol. The van der Waals surface area contributed by atoms with Gasteiger partial charge in [0, 0.05) is 48.4 Å². The van der Waals surface area contributed by atoms with Crippen LogP contribution in [0.1, 0.15) is 26.3 Å². The zero-order valence-electron chi connectivity index (χ0n) is 11.5. The molecular formula is C12H23N3O2S. The van der Waals surface area contributed by atoms with Crippen LogP contribution in [0.5, 0.6) is 0 Å². The van der Waals surface area contributed by atoms with Crippen molar-refractivity contribution in [2.45, 2.75) is 31.6 Å². The number of methoxy groups -OCH3 is 1. The van der Waals surface area contributed by atoms with Crippen molar-refractivity contribution in [3.05, 3.63) is 12.4 Å². The van der Waals surface area contributed by atoms with Crippen molar-refractivity contribution in [1.82, 2.24) is 9.55 Å². The predicted octanol–water partition coefficient (Wildman–Crippen LogP) is 1.66. The highest BCUT2D eigenvalue weighted by Gasteiger charge is 2.10. The number of ether oxygens (including phenoxy) is 1. The fraction of sp³-hybridized carbons (Fsp3) is 0.750. The van der Waals surface area contributed by atoms with E-state index in [2.05, 4.69) is 21.8 Å². The van der Waals surface area contributed by atoms with Crippen molar-refractivity contribution in [2.75, 3.05) is 31.8 Å². The summed E-state index contributed by atoms with van der Waals surface area (Å²) >= 11 is 0. The van der Waals surface area contributed by atoms with Gasteiger partial charge in [-0.15, -0.1) is 0 Å². The molecule has 6 heteroatoms. The minimum absolute atomic E-state index is 0.206. The maximum absolute atomic E-state index is 11.2. The summed E-state index contributed by atoms with van der Waals surface area (Å²) in [4.78, 5) is 4.28. The van der Waals surface area contributed by atoms with Gasteiger partial charge in [-0.3, -0.25) is 4.21 Å². The fourth-order valence-electron chi connectivity index (χ4n) is 1.68. The summed E-state index contributed by atoms with van der Waals surface area (Å²) < 4.78 is 18.4. The van der Waals surface area contributed by atoms with Crippen LogP contribution in [-0.4, -0.2) is 45.5 Å². The molecule has 3 unspecified atom stereocenters. The molecule has 0 aliphatic carbocycles. The normalized spacial score (nSPS) is 16.2. The van der Waals surface area contributed by atoms with Crippen LogP contribution in [0.4, 0.5) is 5.95 Å². The summed E-state index contributed by atoms with van der Waals surface area (Å²) in [6.07, 6.45) is 6.32. The lowest BCUT2D eigenvalue weighted by atomic mass is 10.3. The van der Waals surface area contributed by atoms with Crippen LogP contribution in [0.15, 0.2) is 12.4 Å². The Morgan fingerprint density at radius 2 is 2.28 bits per heavy atom. The Bertz CT molecular complexity index is 381. The molecular weight excluding hydrogens is 250 g/mol. The number of hydrogen-bond acceptors (Lipinski definition) is 4. The molecule has 104 valence electrons. The summed E-state index contributed by atoms with van der Waals surface area (Å²) in [5.41, 5.74) is 0. The van der Waals surface area contributed by atoms with Crippen LogP contribution < -0.4 is 5.32 Å². The number of rotatable bonds is 8. The molecule has 3 atom stereocenters. The van der Waals surface area contributed by atoms with Gasteiger partial charge in [0.1, 0.15) is 0 Å². The highest BCUT2D eigenvalue weighted by molar-refractivity contribution is 7.84. The van der Waals surface area contributed by atoms with E-state index in [1.165, 1.54) is 0 Å². The standard InChI is InChI=1S/C12H23N3O2S/c1-10(9-17-3)15-8-7-14-12(15)13-6-5-11(2)18(4)16/h7-8,10-11H,5-6,9H2,1-4H3,(H,13,14). The first-order chi connectivity index (χ1) is 8.56. The van der Waals surface area contributed by atoms with Crippen molar-refractivity contribution in [3.63, 3.8) is 0 Å². The van der Waals surface area contributed by atoms with E-state index in [4.69, 9.17) is 4.74 Å². The molecule has 0 amide bonds. The van der Waals surface area contributed by atoms with E-state index >= 15 is 0 Å². The minimum atomic E-state index is -0.763. The van der Waals surface area contributed by atoms with E-state index in [-0.39, 0.29) is 11.3 Å². The molecule has 18 heavy (non-hydrogen) atoms. The van der Waals surface area contributed by atoms with Crippen molar-refractivity contribution in [3.8, 4) is 0 Å². The number of nitrogens with zero attached hydrogens (tertiary/aromatic N) is 2. The van der Waals surface area contributed by atoms with E-state index in [0.29, 0.717) is 6.61 Å². The number of imidazole rings is 1. The quantitative estimate of drug-likeness (QED) is 0.782. The van der Waals surface area contributed by atoms with Crippen LogP contribution in [0.2, 0.25) is 0 Å². The Morgan fingerprint density at radius 1 is 1.56 bits per heavy atom. The molecule has 0 aliphatic heterocycles. The molecule has 0 spiro atoms. The van der Waals surface area contributed by atoms with Gasteiger partial charge in [0.05, 0.1) is 12.6 Å². The summed E-state index contributed by atoms with van der Waals surface area (Å²) in [5.74, 6) is 0.841. The number of anilines is 1. The molecule has 0 saturated carbocycles. The van der Waals surface area contributed by atoms with Crippen LogP contribution >= 0.6 is 0 Å². The second-order valence-corrected chi connectivity index (χ2v) is 6.29. The van der Waals surface area contributed by atoms with E-state index in [0.717, 1.165) is 18.9 Å². The third-order valence-corrected chi connectivity index (χ3v) is 4.32. The first-order valence-corrected chi connectivity index (χ1v) is 7.76. The molecule has 0 bridgehead atoms. The van der Waals surface area contributed by atoms with Gasteiger partial charge < -0.3 is 14.6 Å². The van der Waals surface area contributed by atoms with Crippen LogP contribution in [0.25, 0.3) is 0 Å². The first kappa shape index (κ1) is 15.2. The van der Waals surface area contributed by atoms with Crippen molar-refractivity contribution in [2.24, 2.45) is 0 Å². The maximum atomic E-state index is 11.2. The largest absolute Gasteiger partial charge is 0.383 e. The van der Waals surface area contributed by atoms with Crippen molar-refractivity contribution in [1.29, 1.82) is 0 Å². The molecule has 1 heterocycles. The second kappa shape index (κ2) is 7.53. The SMILES string of the molecule is COCC(C)n1ccnc1NCCC(C)S(C)=O. The molecule has 1 N–H and O–H groups in total. The van der Waals surface area contributed by atoms with E-state index in [1.807, 2.05) is 13.1 Å². The smallest absolute Gasteiger partial charge is 0.203 e. The first-order valence-electron chi connectivity index (χ1n) is 6.14. The van der Waals surface area contributed by atoms with Gasteiger partial charge in [0.15, 0.2) is 0 Å². The molecule has 0 fully saturated rings. The lowest BCUT2D eigenvalue weighted by Crippen LogP contribution is -2.18. The Kier molecular flexibility index (Phi) is 6.35. The Hall–Kier alpha value is -0.880. The zero-order valence-corrected chi connectivity index (χ0v) is 12.4. The van der Waals surface area contributed by atoms with Crippen LogP contribution in [0.3, 0.4) is 0 Å². The Balaban J connectivity index is 2.48. The number of nitrogens with one attached hydrogen (secondary N) is 1. The summed E-state index contributed by atoms with van der Waals surface area (Å²) in [7, 11) is 0.930. The minimum Gasteiger partial charge on any atom is -0.383 e. The van der Waals surface area contributed by atoms with Crippen molar-refractivity contribution >= 4 is 16.7 Å². The topological polar surface area (TPSA) is 56.1 Å². The third kappa shape index (κ3) is 4.42. The highest BCUT2D eigenvalue weighted by atomic mass is 32.2. The molecule has 1 aromatic heterocycles. The van der Waals surface area contributed by atoms with Gasteiger partial charge in [0.25, 0.3) is 0 Å². The van der Waals surface area contributed by atoms with Crippen LogP contribution in [-0.2, 0) is 15.5 Å². The Morgan fingerprint density at radius 3 is 2.89 bits per heavy atom. The predicted molar refractivity (Wildman–Crippen MR) is 75.4 cm³/mol. The molecule has 0 aromatic carbocycles. The molecule has 0 radical (unpaired) electrons. The summed E-state index contributed by atoms with van der Waals surface area (Å²) in [6, 6.07) is 0.248. The molecule has 1 aromatic rings. The van der Waals surface area contributed by atoms with Gasteiger partial charge in [-0.25, -0.2) is 4.98 Å². The maximum Gasteiger partial charge on any atom is 0.203 e. The number of aromatic nitrogens is 2. The lowest BCUT2D eigenvalue weighted by Gasteiger charge is -2.16. The summed E-state index contributed by atoms with van der Waals surface area (Å²) in [6.45, 7) is 5.51. The lowest BCUT2D eigenvalue weighted by molar-refractivity contribution is 0.163. The highest BCUT2D eigenvalue weighted by Crippen LogP contribution is 2.13. The van der Waals surface area contributed by atoms with E-state index in [1.54, 1.807) is 19.6 Å². The number of hydrogen-bond donors (Lipinski definition) is 1. The zero-order chi connectivity index (χ0) is 13.5. The van der Waals surface area contributed by atoms with Crippen LogP contribution in [0, 0.1) is 0 Å². The third-order valence-electron chi connectivity index (χ3n) is 2.95. The Labute approximate surface area is 111 Å². The van der Waals surface area contributed by atoms with E-state index < -0.39 is 10.8 Å². The second-order valence-electron chi connectivity index (χ2n) is 4.49. The van der Waals surface area contributed by atoms with E-state index in [9.17, 15) is 4.21 Å². The van der Waals surface area contributed by atoms with Crippen molar-refractivity contribution < 1.29 is 8.95 Å². The molecule has 5 nitrogen and oxygen atoms in total. The van der Waals surface area contributed by atoms with Gasteiger partial charge in [-0.05, 0) is 13.3 Å². The van der Waals surface area contributed by atoms with Gasteiger partial charge in [-0.1, -0.05) is 6.92 Å². The summed E-state index contributed by atoms with van der Waals surface area (Å²) in [5, 5.41) is 3.49. The average Bonchev–Trinajstić information content (AvgIpc) is 2.77. The average molecular weight is 273 g/mol. The molecule has 0 saturated heterocycles. The molecule has 1 rings (SSSR count). The van der Waals surface area contributed by atoms with Gasteiger partial charge in [-0.2, -0.15) is 0 Å². The van der Waals surface area contributed by atoms with Gasteiger partial charge >= 0.3 is 0 Å². The van der Waals surface area contributed by atoms with Gasteiger partial charge in [0.2, 0.25) is 5.95 Å². The molecule has 0 aliphatic rings. The fourth-order valence-corrected chi connectivity index (χ4v) is 2.13.